The van der Waals surface area contributed by atoms with Crippen molar-refractivity contribution < 1.29 is 4.79 Å². The number of amides is 1. The number of rotatable bonds is 4. The van der Waals surface area contributed by atoms with E-state index < -0.39 is 0 Å². The van der Waals surface area contributed by atoms with Crippen LogP contribution in [0.15, 0.2) is 35.1 Å². The number of benzene rings is 1. The highest BCUT2D eigenvalue weighted by Gasteiger charge is 2.28. The standard InChI is InChI=1S/C17H22BrN5O/c1-12-9-13(18)3-4-14(12)21-16(24)11-23-8-5-19-10-15(23)17-20-6-7-22(17)2/h3-4,6-7,9,15,19H,5,8,10-11H2,1-2H3,(H,21,24). The molecular formula is C17H22BrN5O. The molecule has 2 aromatic rings. The van der Waals surface area contributed by atoms with Gasteiger partial charge in [0.25, 0.3) is 0 Å². The summed E-state index contributed by atoms with van der Waals surface area (Å²) in [7, 11) is 1.99. The highest BCUT2D eigenvalue weighted by atomic mass is 79.9. The van der Waals surface area contributed by atoms with E-state index in [1.807, 2.05) is 42.9 Å². The van der Waals surface area contributed by atoms with Crippen molar-refractivity contribution in [3.8, 4) is 0 Å². The first-order valence-electron chi connectivity index (χ1n) is 8.02. The van der Waals surface area contributed by atoms with Crippen LogP contribution in [0.2, 0.25) is 0 Å². The predicted octanol–water partition coefficient (Wildman–Crippen LogP) is 2.08. The van der Waals surface area contributed by atoms with E-state index in [0.717, 1.165) is 41.2 Å². The average Bonchev–Trinajstić information content (AvgIpc) is 2.97. The zero-order chi connectivity index (χ0) is 17.1. The third kappa shape index (κ3) is 3.85. The summed E-state index contributed by atoms with van der Waals surface area (Å²) >= 11 is 3.44. The van der Waals surface area contributed by atoms with E-state index in [-0.39, 0.29) is 11.9 Å². The van der Waals surface area contributed by atoms with Gasteiger partial charge in [-0.2, -0.15) is 0 Å². The topological polar surface area (TPSA) is 62.2 Å². The summed E-state index contributed by atoms with van der Waals surface area (Å²) < 4.78 is 3.02. The van der Waals surface area contributed by atoms with Gasteiger partial charge < -0.3 is 15.2 Å². The Balaban J connectivity index is 1.69. The van der Waals surface area contributed by atoms with Crippen LogP contribution in [0.4, 0.5) is 5.69 Å². The van der Waals surface area contributed by atoms with Crippen molar-refractivity contribution in [3.05, 3.63) is 46.5 Å². The average molecular weight is 392 g/mol. The number of piperazine rings is 1. The number of hydrogen-bond acceptors (Lipinski definition) is 4. The van der Waals surface area contributed by atoms with Crippen LogP contribution < -0.4 is 10.6 Å². The number of nitrogens with zero attached hydrogens (tertiary/aromatic N) is 3. The van der Waals surface area contributed by atoms with Gasteiger partial charge in [0.1, 0.15) is 5.82 Å². The Morgan fingerprint density at radius 2 is 2.33 bits per heavy atom. The molecule has 1 aliphatic heterocycles. The Labute approximate surface area is 150 Å². The minimum absolute atomic E-state index is 0.00142. The fourth-order valence-electron chi connectivity index (χ4n) is 3.03. The molecule has 0 spiro atoms. The molecule has 24 heavy (non-hydrogen) atoms. The number of nitrogens with one attached hydrogen (secondary N) is 2. The molecule has 2 N–H and O–H groups in total. The monoisotopic (exact) mass is 391 g/mol. The van der Waals surface area contributed by atoms with Gasteiger partial charge in [-0.25, -0.2) is 4.98 Å². The molecule has 1 unspecified atom stereocenters. The van der Waals surface area contributed by atoms with E-state index >= 15 is 0 Å². The van der Waals surface area contributed by atoms with E-state index in [1.54, 1.807) is 6.20 Å². The summed E-state index contributed by atoms with van der Waals surface area (Å²) in [6, 6.07) is 5.96. The first-order valence-corrected chi connectivity index (χ1v) is 8.82. The van der Waals surface area contributed by atoms with E-state index in [4.69, 9.17) is 0 Å². The maximum Gasteiger partial charge on any atom is 0.238 e. The first-order chi connectivity index (χ1) is 11.5. The van der Waals surface area contributed by atoms with Gasteiger partial charge in [-0.1, -0.05) is 15.9 Å². The van der Waals surface area contributed by atoms with Gasteiger partial charge in [-0.05, 0) is 30.7 Å². The van der Waals surface area contributed by atoms with Crippen LogP contribution in [0.25, 0.3) is 0 Å². The van der Waals surface area contributed by atoms with Gasteiger partial charge in [0.05, 0.1) is 12.6 Å². The lowest BCUT2D eigenvalue weighted by molar-refractivity contribution is -0.118. The number of aryl methyl sites for hydroxylation is 2. The second kappa shape index (κ2) is 7.46. The normalized spacial score (nSPS) is 18.5. The molecule has 1 atom stereocenters. The van der Waals surface area contributed by atoms with Crippen LogP contribution in [-0.4, -0.2) is 46.5 Å². The van der Waals surface area contributed by atoms with Crippen LogP contribution in [0, 0.1) is 6.92 Å². The van der Waals surface area contributed by atoms with Crippen molar-refractivity contribution in [2.24, 2.45) is 7.05 Å². The van der Waals surface area contributed by atoms with Gasteiger partial charge in [-0.15, -0.1) is 0 Å². The third-order valence-corrected chi connectivity index (χ3v) is 4.81. The Hall–Kier alpha value is -1.70. The highest BCUT2D eigenvalue weighted by Crippen LogP contribution is 2.22. The lowest BCUT2D eigenvalue weighted by Gasteiger charge is -2.35. The van der Waals surface area contributed by atoms with Crippen LogP contribution in [0.3, 0.4) is 0 Å². The maximum atomic E-state index is 12.5. The summed E-state index contributed by atoms with van der Waals surface area (Å²) in [5.41, 5.74) is 1.89. The van der Waals surface area contributed by atoms with Gasteiger partial charge in [-0.3, -0.25) is 9.69 Å². The highest BCUT2D eigenvalue weighted by molar-refractivity contribution is 9.10. The molecular weight excluding hydrogens is 370 g/mol. The summed E-state index contributed by atoms with van der Waals surface area (Å²) in [6.45, 7) is 4.85. The zero-order valence-corrected chi connectivity index (χ0v) is 15.5. The zero-order valence-electron chi connectivity index (χ0n) is 13.9. The van der Waals surface area contributed by atoms with E-state index in [9.17, 15) is 4.79 Å². The van der Waals surface area contributed by atoms with Crippen molar-refractivity contribution in [2.45, 2.75) is 13.0 Å². The Morgan fingerprint density at radius 3 is 3.04 bits per heavy atom. The molecule has 0 aliphatic carbocycles. The van der Waals surface area contributed by atoms with Crippen LogP contribution >= 0.6 is 15.9 Å². The number of aromatic nitrogens is 2. The molecule has 6 nitrogen and oxygen atoms in total. The second-order valence-corrected chi connectivity index (χ2v) is 7.01. The first kappa shape index (κ1) is 17.1. The predicted molar refractivity (Wildman–Crippen MR) is 97.9 cm³/mol. The van der Waals surface area contributed by atoms with Crippen LogP contribution in [0.5, 0.6) is 0 Å². The molecule has 1 aliphatic rings. The SMILES string of the molecule is Cc1cc(Br)ccc1NC(=O)CN1CCNCC1c1nccn1C. The van der Waals surface area contributed by atoms with Gasteiger partial charge in [0, 0.05) is 49.2 Å². The summed E-state index contributed by atoms with van der Waals surface area (Å²) in [5, 5.41) is 6.40. The number of hydrogen-bond donors (Lipinski definition) is 2. The molecule has 1 aromatic carbocycles. The largest absolute Gasteiger partial charge is 0.337 e. The number of halogens is 1. The second-order valence-electron chi connectivity index (χ2n) is 6.09. The number of carbonyl (C=O) groups excluding carboxylic acids is 1. The molecule has 0 bridgehead atoms. The Morgan fingerprint density at radius 1 is 1.50 bits per heavy atom. The molecule has 0 saturated carbocycles. The van der Waals surface area contributed by atoms with Gasteiger partial charge in [0.2, 0.25) is 5.91 Å². The molecule has 2 heterocycles. The third-order valence-electron chi connectivity index (χ3n) is 4.32. The molecule has 1 fully saturated rings. The van der Waals surface area contributed by atoms with E-state index in [2.05, 4.69) is 36.4 Å². The quantitative estimate of drug-likeness (QED) is 0.837. The van der Waals surface area contributed by atoms with Crippen LogP contribution in [0.1, 0.15) is 17.4 Å². The molecule has 7 heteroatoms. The summed E-state index contributed by atoms with van der Waals surface area (Å²) in [6.07, 6.45) is 3.74. The fourth-order valence-corrected chi connectivity index (χ4v) is 3.51. The van der Waals surface area contributed by atoms with Crippen molar-refractivity contribution in [1.29, 1.82) is 0 Å². The molecule has 0 radical (unpaired) electrons. The van der Waals surface area contributed by atoms with Gasteiger partial charge >= 0.3 is 0 Å². The van der Waals surface area contributed by atoms with E-state index in [0.29, 0.717) is 6.54 Å². The van der Waals surface area contributed by atoms with E-state index in [1.165, 1.54) is 0 Å². The van der Waals surface area contributed by atoms with Crippen molar-refractivity contribution in [1.82, 2.24) is 19.8 Å². The molecule has 1 aromatic heterocycles. The van der Waals surface area contributed by atoms with Gasteiger partial charge in [0.15, 0.2) is 0 Å². The molecule has 3 rings (SSSR count). The number of imidazole rings is 1. The Kier molecular flexibility index (Phi) is 5.33. The number of carbonyl (C=O) groups is 1. The van der Waals surface area contributed by atoms with Crippen LogP contribution in [-0.2, 0) is 11.8 Å². The molecule has 1 amide bonds. The number of anilines is 1. The Bertz CT molecular complexity index is 730. The lowest BCUT2D eigenvalue weighted by Crippen LogP contribution is -2.49. The van der Waals surface area contributed by atoms with Crippen molar-refractivity contribution in [2.75, 3.05) is 31.5 Å². The van der Waals surface area contributed by atoms with Crippen molar-refractivity contribution in [3.63, 3.8) is 0 Å². The molecule has 128 valence electrons. The summed E-state index contributed by atoms with van der Waals surface area (Å²) in [4.78, 5) is 19.1. The van der Waals surface area contributed by atoms with Crippen molar-refractivity contribution >= 4 is 27.5 Å². The fraction of sp³-hybridized carbons (Fsp3) is 0.412. The minimum atomic E-state index is 0.00142. The molecule has 1 saturated heterocycles. The lowest BCUT2D eigenvalue weighted by atomic mass is 10.1. The summed E-state index contributed by atoms with van der Waals surface area (Å²) in [5.74, 6) is 0.983. The smallest absolute Gasteiger partial charge is 0.238 e. The minimum Gasteiger partial charge on any atom is -0.337 e. The maximum absolute atomic E-state index is 12.5.